The standard InChI is InChI=1S/C30H29N3O6/c1-19-15-20(2)32-30(31-19)39-29-24(25(17-28(35)36)21-9-5-4-6-10-21)13-8-14-26(29)38-18-27(34)33-22-11-7-12-23(16-22)37-3/h4-16,25H,17-18H2,1-3H3,(H,33,34)(H,35,36). The van der Waals surface area contributed by atoms with Crippen LogP contribution in [-0.2, 0) is 9.59 Å². The second-order valence-electron chi connectivity index (χ2n) is 8.84. The van der Waals surface area contributed by atoms with Crippen LogP contribution in [0.5, 0.6) is 23.3 Å². The average Bonchev–Trinajstić information content (AvgIpc) is 2.91. The van der Waals surface area contributed by atoms with Crippen LogP contribution in [0.15, 0.2) is 78.9 Å². The van der Waals surface area contributed by atoms with Gasteiger partial charge in [0.15, 0.2) is 18.1 Å². The number of methoxy groups -OCH3 is 1. The zero-order valence-corrected chi connectivity index (χ0v) is 21.9. The largest absolute Gasteiger partial charge is 0.497 e. The Labute approximate surface area is 226 Å². The van der Waals surface area contributed by atoms with Gasteiger partial charge < -0.3 is 24.6 Å². The number of anilines is 1. The van der Waals surface area contributed by atoms with Crippen molar-refractivity contribution in [3.05, 3.63) is 101 Å². The minimum absolute atomic E-state index is 0.0905. The number of carbonyl (C=O) groups excluding carboxylic acids is 1. The van der Waals surface area contributed by atoms with Crippen molar-refractivity contribution in [3.8, 4) is 23.3 Å². The van der Waals surface area contributed by atoms with Gasteiger partial charge >= 0.3 is 12.0 Å². The number of para-hydroxylation sites is 1. The van der Waals surface area contributed by atoms with Gasteiger partial charge in [0.25, 0.3) is 5.91 Å². The third kappa shape index (κ3) is 7.32. The molecule has 9 heteroatoms. The molecule has 2 N–H and O–H groups in total. The van der Waals surface area contributed by atoms with Gasteiger partial charge in [0.2, 0.25) is 0 Å². The number of carboxylic acid groups (broad SMARTS) is 1. The first-order chi connectivity index (χ1) is 18.8. The van der Waals surface area contributed by atoms with Crippen LogP contribution in [0.4, 0.5) is 5.69 Å². The van der Waals surface area contributed by atoms with Crippen molar-refractivity contribution in [3.63, 3.8) is 0 Å². The van der Waals surface area contributed by atoms with E-state index in [2.05, 4.69) is 15.3 Å². The molecule has 0 fully saturated rings. The molecule has 0 spiro atoms. The number of aromatic nitrogens is 2. The SMILES string of the molecule is COc1cccc(NC(=O)COc2cccc(C(CC(=O)O)c3ccccc3)c2Oc2nc(C)cc(C)n2)c1. The minimum Gasteiger partial charge on any atom is -0.497 e. The number of rotatable bonds is 11. The van der Waals surface area contributed by atoms with Crippen LogP contribution in [0.25, 0.3) is 0 Å². The van der Waals surface area contributed by atoms with Crippen molar-refractivity contribution in [2.24, 2.45) is 0 Å². The quantitative estimate of drug-likeness (QED) is 0.262. The van der Waals surface area contributed by atoms with E-state index in [9.17, 15) is 14.7 Å². The van der Waals surface area contributed by atoms with Crippen molar-refractivity contribution < 1.29 is 28.9 Å². The second-order valence-corrected chi connectivity index (χ2v) is 8.84. The Hall–Kier alpha value is -4.92. The predicted octanol–water partition coefficient (Wildman–Crippen LogP) is 5.52. The number of ether oxygens (including phenoxy) is 3. The number of nitrogens with one attached hydrogen (secondary N) is 1. The molecule has 4 rings (SSSR count). The van der Waals surface area contributed by atoms with E-state index in [-0.39, 0.29) is 30.5 Å². The summed E-state index contributed by atoms with van der Waals surface area (Å²) in [5.74, 6) is -0.822. The third-order valence-corrected chi connectivity index (χ3v) is 5.83. The summed E-state index contributed by atoms with van der Waals surface area (Å²) in [5.41, 5.74) is 3.33. The van der Waals surface area contributed by atoms with Crippen LogP contribution in [0.2, 0.25) is 0 Å². The molecule has 1 unspecified atom stereocenters. The van der Waals surface area contributed by atoms with Crippen LogP contribution in [0, 0.1) is 13.8 Å². The molecule has 1 amide bonds. The average molecular weight is 528 g/mol. The molecule has 0 aliphatic rings. The smallest absolute Gasteiger partial charge is 0.322 e. The van der Waals surface area contributed by atoms with Crippen molar-refractivity contribution in [2.75, 3.05) is 19.0 Å². The fraction of sp³-hybridized carbons (Fsp3) is 0.200. The highest BCUT2D eigenvalue weighted by atomic mass is 16.5. The molecule has 1 heterocycles. The lowest BCUT2D eigenvalue weighted by molar-refractivity contribution is -0.137. The van der Waals surface area contributed by atoms with Crippen molar-refractivity contribution in [2.45, 2.75) is 26.2 Å². The fourth-order valence-electron chi connectivity index (χ4n) is 4.17. The van der Waals surface area contributed by atoms with Crippen LogP contribution in [0.3, 0.4) is 0 Å². The molecule has 0 radical (unpaired) electrons. The number of benzene rings is 3. The molecule has 39 heavy (non-hydrogen) atoms. The van der Waals surface area contributed by atoms with E-state index in [1.165, 1.54) is 0 Å². The number of carboxylic acids is 1. The van der Waals surface area contributed by atoms with Gasteiger partial charge in [-0.2, -0.15) is 0 Å². The van der Waals surface area contributed by atoms with E-state index in [1.807, 2.05) is 50.2 Å². The molecule has 200 valence electrons. The number of aryl methyl sites for hydroxylation is 2. The van der Waals surface area contributed by atoms with Gasteiger partial charge in [-0.05, 0) is 43.7 Å². The molecular formula is C30H29N3O6. The summed E-state index contributed by atoms with van der Waals surface area (Å²) in [6.45, 7) is 3.33. The minimum atomic E-state index is -0.971. The Balaban J connectivity index is 1.68. The van der Waals surface area contributed by atoms with Gasteiger partial charge in [-0.1, -0.05) is 48.5 Å². The number of carbonyl (C=O) groups is 2. The lowest BCUT2D eigenvalue weighted by Crippen LogP contribution is -2.20. The Kier molecular flexibility index (Phi) is 8.73. The molecule has 0 bridgehead atoms. The Morgan fingerprint density at radius 3 is 2.33 bits per heavy atom. The number of amides is 1. The van der Waals surface area contributed by atoms with Crippen molar-refractivity contribution in [1.82, 2.24) is 9.97 Å². The third-order valence-electron chi connectivity index (χ3n) is 5.83. The topological polar surface area (TPSA) is 120 Å². The van der Waals surface area contributed by atoms with Gasteiger partial charge in [0.05, 0.1) is 13.5 Å². The summed E-state index contributed by atoms with van der Waals surface area (Å²) in [6, 6.07) is 23.3. The van der Waals surface area contributed by atoms with Gasteiger partial charge in [-0.25, -0.2) is 9.97 Å². The lowest BCUT2D eigenvalue weighted by atomic mass is 9.87. The van der Waals surface area contributed by atoms with E-state index in [0.29, 0.717) is 28.4 Å². The van der Waals surface area contributed by atoms with E-state index < -0.39 is 17.8 Å². The molecule has 0 saturated carbocycles. The maximum Gasteiger partial charge on any atom is 0.322 e. The van der Waals surface area contributed by atoms with Gasteiger partial charge in [-0.15, -0.1) is 0 Å². The van der Waals surface area contributed by atoms with Crippen molar-refractivity contribution >= 4 is 17.6 Å². The number of hydrogen-bond acceptors (Lipinski definition) is 7. The summed E-state index contributed by atoms with van der Waals surface area (Å²) >= 11 is 0. The Bertz CT molecular complexity index is 1440. The Morgan fingerprint density at radius 1 is 0.923 bits per heavy atom. The highest BCUT2D eigenvalue weighted by Crippen LogP contribution is 2.42. The maximum absolute atomic E-state index is 12.7. The summed E-state index contributed by atoms with van der Waals surface area (Å²) < 4.78 is 17.3. The first kappa shape index (κ1) is 27.1. The zero-order valence-electron chi connectivity index (χ0n) is 21.9. The molecule has 3 aromatic carbocycles. The van der Waals surface area contributed by atoms with E-state index in [0.717, 1.165) is 5.56 Å². The van der Waals surface area contributed by atoms with E-state index >= 15 is 0 Å². The summed E-state index contributed by atoms with van der Waals surface area (Å²) in [5, 5.41) is 12.5. The molecule has 0 aliphatic heterocycles. The van der Waals surface area contributed by atoms with Crippen LogP contribution in [-0.4, -0.2) is 40.7 Å². The molecule has 1 aromatic heterocycles. The number of aliphatic carboxylic acids is 1. The van der Waals surface area contributed by atoms with E-state index in [1.54, 1.807) is 49.6 Å². The highest BCUT2D eigenvalue weighted by molar-refractivity contribution is 5.92. The first-order valence-corrected chi connectivity index (χ1v) is 12.3. The second kappa shape index (κ2) is 12.6. The van der Waals surface area contributed by atoms with Crippen LogP contribution >= 0.6 is 0 Å². The molecule has 0 saturated heterocycles. The molecule has 9 nitrogen and oxygen atoms in total. The zero-order chi connectivity index (χ0) is 27.8. The Morgan fingerprint density at radius 2 is 1.64 bits per heavy atom. The summed E-state index contributed by atoms with van der Waals surface area (Å²) in [7, 11) is 1.55. The molecule has 0 aliphatic carbocycles. The molecule has 1 atom stereocenters. The molecule has 4 aromatic rings. The number of nitrogens with zero attached hydrogens (tertiary/aromatic N) is 2. The van der Waals surface area contributed by atoms with Crippen LogP contribution in [0.1, 0.15) is 34.9 Å². The van der Waals surface area contributed by atoms with Gasteiger partial charge in [0, 0.05) is 34.6 Å². The van der Waals surface area contributed by atoms with E-state index in [4.69, 9.17) is 14.2 Å². The van der Waals surface area contributed by atoms with Crippen LogP contribution < -0.4 is 19.5 Å². The maximum atomic E-state index is 12.7. The predicted molar refractivity (Wildman–Crippen MR) is 146 cm³/mol. The normalized spacial score (nSPS) is 11.4. The number of hydrogen-bond donors (Lipinski definition) is 2. The summed E-state index contributed by atoms with van der Waals surface area (Å²) in [6.07, 6.45) is -0.187. The monoisotopic (exact) mass is 527 g/mol. The fourth-order valence-corrected chi connectivity index (χ4v) is 4.17. The first-order valence-electron chi connectivity index (χ1n) is 12.3. The summed E-state index contributed by atoms with van der Waals surface area (Å²) in [4.78, 5) is 33.3. The molecular weight excluding hydrogens is 498 g/mol. The van der Waals surface area contributed by atoms with Gasteiger partial charge in [-0.3, -0.25) is 9.59 Å². The lowest BCUT2D eigenvalue weighted by Gasteiger charge is -2.21. The van der Waals surface area contributed by atoms with Crippen molar-refractivity contribution in [1.29, 1.82) is 0 Å². The highest BCUT2D eigenvalue weighted by Gasteiger charge is 2.25. The van der Waals surface area contributed by atoms with Gasteiger partial charge in [0.1, 0.15) is 5.75 Å².